The maximum Gasteiger partial charge on any atom is 0.338 e. The van der Waals surface area contributed by atoms with Crippen molar-refractivity contribution < 1.29 is 38.1 Å². The average molecular weight is 532 g/mol. The van der Waals surface area contributed by atoms with Crippen LogP contribution in [-0.2, 0) is 23.9 Å². The molecule has 0 radical (unpaired) electrons. The van der Waals surface area contributed by atoms with E-state index in [9.17, 15) is 19.2 Å². The molecule has 0 saturated carbocycles. The molecule has 1 aromatic carbocycles. The molecule has 198 valence electrons. The van der Waals surface area contributed by atoms with Gasteiger partial charge in [-0.05, 0) is 32.2 Å². The predicted octanol–water partition coefficient (Wildman–Crippen LogP) is 1.64. The van der Waals surface area contributed by atoms with Gasteiger partial charge in [-0.1, -0.05) is 12.1 Å². The van der Waals surface area contributed by atoms with E-state index in [0.29, 0.717) is 23.5 Å². The Morgan fingerprint density at radius 1 is 1.14 bits per heavy atom. The molecule has 11 nitrogen and oxygen atoms in total. The number of nitrogens with one attached hydrogen (secondary N) is 1. The molecule has 0 aromatic heterocycles. The fraction of sp³-hybridized carbons (Fsp3) is 0.440. The summed E-state index contributed by atoms with van der Waals surface area (Å²) in [6.45, 7) is 3.07. The molecule has 0 bridgehead atoms. The molecular weight excluding hydrogens is 502 g/mol. The molecule has 2 amide bonds. The van der Waals surface area contributed by atoms with Crippen LogP contribution in [0, 0.1) is 0 Å². The predicted molar refractivity (Wildman–Crippen MR) is 134 cm³/mol. The molecule has 1 N–H and O–H groups in total. The van der Waals surface area contributed by atoms with Crippen LogP contribution in [0.2, 0.25) is 0 Å². The van der Waals surface area contributed by atoms with Crippen LogP contribution in [0.1, 0.15) is 30.6 Å². The Balaban J connectivity index is 1.39. The highest BCUT2D eigenvalue weighted by molar-refractivity contribution is 8.01. The van der Waals surface area contributed by atoms with Gasteiger partial charge in [-0.3, -0.25) is 9.59 Å². The molecule has 2 unspecified atom stereocenters. The lowest BCUT2D eigenvalue weighted by atomic mass is 9.95. The van der Waals surface area contributed by atoms with E-state index in [1.54, 1.807) is 36.3 Å². The number of hydrogen-bond acceptors (Lipinski definition) is 10. The lowest BCUT2D eigenvalue weighted by molar-refractivity contribution is -0.175. The first kappa shape index (κ1) is 26.4. The first-order valence-corrected chi connectivity index (χ1v) is 12.4. The van der Waals surface area contributed by atoms with E-state index in [-0.39, 0.29) is 5.56 Å². The summed E-state index contributed by atoms with van der Waals surface area (Å²) in [4.78, 5) is 54.4. The zero-order chi connectivity index (χ0) is 26.9. The highest BCUT2D eigenvalue weighted by Gasteiger charge is 2.64. The van der Waals surface area contributed by atoms with Crippen LogP contribution in [0.4, 0.5) is 0 Å². The number of benzene rings is 1. The zero-order valence-corrected chi connectivity index (χ0v) is 22.0. The smallest absolute Gasteiger partial charge is 0.338 e. The first-order valence-electron chi connectivity index (χ1n) is 11.5. The van der Waals surface area contributed by atoms with E-state index >= 15 is 0 Å². The topological polar surface area (TPSA) is 124 Å². The second kappa shape index (κ2) is 10.4. The fourth-order valence-electron chi connectivity index (χ4n) is 4.55. The van der Waals surface area contributed by atoms with Crippen molar-refractivity contribution in [2.45, 2.75) is 42.5 Å². The fourth-order valence-corrected chi connectivity index (χ4v) is 6.17. The van der Waals surface area contributed by atoms with E-state index in [1.807, 2.05) is 26.1 Å². The summed E-state index contributed by atoms with van der Waals surface area (Å²) in [6, 6.07) is 3.18. The number of rotatable bonds is 8. The summed E-state index contributed by atoms with van der Waals surface area (Å²) < 4.78 is 20.2. The van der Waals surface area contributed by atoms with Crippen molar-refractivity contribution in [2.24, 2.45) is 0 Å². The molecule has 0 spiro atoms. The van der Waals surface area contributed by atoms with Crippen LogP contribution in [0.15, 0.2) is 42.2 Å². The van der Waals surface area contributed by atoms with Gasteiger partial charge in [-0.15, -0.1) is 11.8 Å². The molecule has 37 heavy (non-hydrogen) atoms. The molecule has 1 aromatic rings. The van der Waals surface area contributed by atoms with Crippen LogP contribution in [-0.4, -0.2) is 83.8 Å². The number of hydrogen-bond donors (Lipinski definition) is 1. The van der Waals surface area contributed by atoms with E-state index in [0.717, 1.165) is 0 Å². The Morgan fingerprint density at radius 3 is 2.43 bits per heavy atom. The minimum Gasteiger partial charge on any atom is -0.496 e. The molecule has 0 aliphatic carbocycles. The number of allylic oxidation sites excluding steroid dienone is 1. The highest BCUT2D eigenvalue weighted by Crippen LogP contribution is 2.51. The number of carbonyl (C=O) groups excluding carboxylic acids is 4. The van der Waals surface area contributed by atoms with E-state index in [1.165, 1.54) is 30.9 Å². The molecular formula is C25H29N3O8S. The van der Waals surface area contributed by atoms with Gasteiger partial charge in [-0.2, -0.15) is 0 Å². The molecule has 2 saturated heterocycles. The van der Waals surface area contributed by atoms with Gasteiger partial charge >= 0.3 is 11.9 Å². The molecule has 3 aliphatic rings. The van der Waals surface area contributed by atoms with Crippen LogP contribution in [0.25, 0.3) is 0 Å². The Bertz CT molecular complexity index is 1160. The molecule has 4 rings (SSSR count). The van der Waals surface area contributed by atoms with Crippen molar-refractivity contribution in [1.29, 1.82) is 0 Å². The standard InChI is InChI=1S/C25H29N3O8S/c1-25(2)19(24(32)36-13-35-23(31)14-8-7-11-27(3)12-14)28-21(30)18(22(28)37-25)26-20(29)17-15(33-4)9-6-10-16(17)34-5/h6-7,9-12,18-19,22H,8,13H2,1-5H3,(H,26,29)/t18?,19-,22?/m0/s1. The number of esters is 2. The monoisotopic (exact) mass is 531 g/mol. The minimum atomic E-state index is -0.911. The van der Waals surface area contributed by atoms with Gasteiger partial charge in [-0.25, -0.2) is 9.59 Å². The SMILES string of the molecule is COc1cccc(OC)c1C(=O)NC1C(=O)N2C1SC(C)(C)[C@@H]2C(=O)OCOC(=O)C1=CN(C)C=CC1. The summed E-state index contributed by atoms with van der Waals surface area (Å²) in [5.41, 5.74) is 0.606. The number of amides is 2. The van der Waals surface area contributed by atoms with Gasteiger partial charge in [0.2, 0.25) is 12.7 Å². The van der Waals surface area contributed by atoms with Crippen molar-refractivity contribution in [3.8, 4) is 11.5 Å². The second-order valence-corrected chi connectivity index (χ2v) is 10.9. The molecule has 3 heterocycles. The summed E-state index contributed by atoms with van der Waals surface area (Å²) in [5.74, 6) is -1.60. The van der Waals surface area contributed by atoms with Gasteiger partial charge in [0, 0.05) is 24.4 Å². The summed E-state index contributed by atoms with van der Waals surface area (Å²) >= 11 is 1.38. The number of fused-ring (bicyclic) bond motifs is 1. The summed E-state index contributed by atoms with van der Waals surface area (Å²) in [7, 11) is 4.66. The summed E-state index contributed by atoms with van der Waals surface area (Å²) in [5, 5.41) is 2.28. The van der Waals surface area contributed by atoms with Crippen molar-refractivity contribution in [2.75, 3.05) is 28.1 Å². The quantitative estimate of drug-likeness (QED) is 0.301. The number of nitrogens with zero attached hydrogens (tertiary/aromatic N) is 2. The Morgan fingerprint density at radius 2 is 1.81 bits per heavy atom. The Hall–Kier alpha value is -3.67. The Labute approximate surface area is 218 Å². The molecule has 3 aliphatic heterocycles. The largest absolute Gasteiger partial charge is 0.496 e. The van der Waals surface area contributed by atoms with Crippen LogP contribution >= 0.6 is 11.8 Å². The van der Waals surface area contributed by atoms with Gasteiger partial charge in [0.05, 0.1) is 19.8 Å². The van der Waals surface area contributed by atoms with E-state index < -0.39 is 52.8 Å². The third-order valence-corrected chi connectivity index (χ3v) is 7.87. The second-order valence-electron chi connectivity index (χ2n) is 9.17. The maximum atomic E-state index is 13.1. The average Bonchev–Trinajstić information content (AvgIpc) is 3.13. The highest BCUT2D eigenvalue weighted by atomic mass is 32.2. The lowest BCUT2D eigenvalue weighted by Gasteiger charge is -2.43. The van der Waals surface area contributed by atoms with Crippen LogP contribution in [0.5, 0.6) is 11.5 Å². The van der Waals surface area contributed by atoms with E-state index in [4.69, 9.17) is 18.9 Å². The molecule has 3 atom stereocenters. The van der Waals surface area contributed by atoms with Gasteiger partial charge in [0.15, 0.2) is 0 Å². The van der Waals surface area contributed by atoms with Crippen LogP contribution < -0.4 is 14.8 Å². The van der Waals surface area contributed by atoms with Gasteiger partial charge < -0.3 is 34.1 Å². The molecule has 12 heteroatoms. The van der Waals surface area contributed by atoms with Crippen molar-refractivity contribution in [3.63, 3.8) is 0 Å². The first-order chi connectivity index (χ1) is 17.6. The van der Waals surface area contributed by atoms with Crippen molar-refractivity contribution >= 4 is 35.5 Å². The normalized spacial score (nSPS) is 23.4. The number of ether oxygens (including phenoxy) is 4. The zero-order valence-electron chi connectivity index (χ0n) is 21.2. The number of β-lactam (4-membered cyclic amide) rings is 1. The van der Waals surface area contributed by atoms with Crippen LogP contribution in [0.3, 0.4) is 0 Å². The maximum absolute atomic E-state index is 13.1. The molecule has 2 fully saturated rings. The van der Waals surface area contributed by atoms with Gasteiger partial charge in [0.25, 0.3) is 5.91 Å². The number of carbonyl (C=O) groups is 4. The number of thioether (sulfide) groups is 1. The van der Waals surface area contributed by atoms with E-state index in [2.05, 4.69) is 5.32 Å². The third kappa shape index (κ3) is 4.97. The summed E-state index contributed by atoms with van der Waals surface area (Å²) in [6.07, 6.45) is 5.69. The Kier molecular flexibility index (Phi) is 7.39. The number of methoxy groups -OCH3 is 2. The van der Waals surface area contributed by atoms with Gasteiger partial charge in [0.1, 0.15) is 34.5 Å². The lowest BCUT2D eigenvalue weighted by Crippen LogP contribution is -2.70. The minimum absolute atomic E-state index is 0.175. The van der Waals surface area contributed by atoms with Crippen molar-refractivity contribution in [1.82, 2.24) is 15.1 Å². The third-order valence-electron chi connectivity index (χ3n) is 6.30. The van der Waals surface area contributed by atoms with Crippen molar-refractivity contribution in [3.05, 3.63) is 47.8 Å².